The Morgan fingerprint density at radius 3 is 2.29 bits per heavy atom. The van der Waals surface area contributed by atoms with Crippen molar-refractivity contribution < 1.29 is 4.74 Å². The summed E-state index contributed by atoms with van der Waals surface area (Å²) in [7, 11) is 3.88. The highest BCUT2D eigenvalue weighted by Gasteiger charge is 2.23. The molecule has 0 radical (unpaired) electrons. The summed E-state index contributed by atoms with van der Waals surface area (Å²) in [6.07, 6.45) is 7.71. The zero-order chi connectivity index (χ0) is 13.3. The minimum atomic E-state index is -0.0171. The number of unbranched alkanes of at least 4 members (excludes halogenated alkanes) is 1. The minimum absolute atomic E-state index is 0.0171. The monoisotopic (exact) mass is 243 g/mol. The van der Waals surface area contributed by atoms with E-state index >= 15 is 0 Å². The summed E-state index contributed by atoms with van der Waals surface area (Å²) >= 11 is 0. The quantitative estimate of drug-likeness (QED) is 0.626. The van der Waals surface area contributed by atoms with Crippen LogP contribution in [0.15, 0.2) is 0 Å². The standard InChI is InChI=1S/C15H33NO/c1-7-9-10-13(8-2)11-14(16-5)12-15(3,4)17-6/h13-14,16H,7-12H2,1-6H3. The highest BCUT2D eigenvalue weighted by molar-refractivity contribution is 4.79. The molecule has 2 heteroatoms. The van der Waals surface area contributed by atoms with Gasteiger partial charge in [0.1, 0.15) is 0 Å². The van der Waals surface area contributed by atoms with Gasteiger partial charge in [0, 0.05) is 13.2 Å². The second-order valence-corrected chi connectivity index (χ2v) is 5.81. The molecule has 0 aromatic carbocycles. The first-order valence-corrected chi connectivity index (χ1v) is 7.21. The van der Waals surface area contributed by atoms with Crippen molar-refractivity contribution in [3.8, 4) is 0 Å². The van der Waals surface area contributed by atoms with E-state index < -0.39 is 0 Å². The summed E-state index contributed by atoms with van der Waals surface area (Å²) in [5.41, 5.74) is -0.0171. The van der Waals surface area contributed by atoms with E-state index in [1.165, 1.54) is 32.1 Å². The summed E-state index contributed by atoms with van der Waals surface area (Å²) in [6.45, 7) is 8.93. The summed E-state index contributed by atoms with van der Waals surface area (Å²) < 4.78 is 5.53. The summed E-state index contributed by atoms with van der Waals surface area (Å²) in [4.78, 5) is 0. The van der Waals surface area contributed by atoms with Crippen LogP contribution in [0.1, 0.15) is 66.2 Å². The third kappa shape index (κ3) is 7.77. The molecule has 2 unspecified atom stereocenters. The summed E-state index contributed by atoms with van der Waals surface area (Å²) in [6, 6.07) is 0.576. The second kappa shape index (κ2) is 8.93. The first kappa shape index (κ1) is 16.9. The van der Waals surface area contributed by atoms with Crippen LogP contribution in [0, 0.1) is 5.92 Å². The van der Waals surface area contributed by atoms with Gasteiger partial charge in [-0.15, -0.1) is 0 Å². The number of ether oxygens (including phenoxy) is 1. The molecule has 0 aliphatic carbocycles. The van der Waals surface area contributed by atoms with Crippen LogP contribution in [0.3, 0.4) is 0 Å². The van der Waals surface area contributed by atoms with Crippen molar-refractivity contribution in [2.45, 2.75) is 77.9 Å². The van der Waals surface area contributed by atoms with E-state index in [9.17, 15) is 0 Å². The van der Waals surface area contributed by atoms with Gasteiger partial charge in [-0.2, -0.15) is 0 Å². The van der Waals surface area contributed by atoms with E-state index in [4.69, 9.17) is 4.74 Å². The number of nitrogens with one attached hydrogen (secondary N) is 1. The molecule has 2 nitrogen and oxygen atoms in total. The molecule has 0 amide bonds. The van der Waals surface area contributed by atoms with Gasteiger partial charge in [-0.25, -0.2) is 0 Å². The van der Waals surface area contributed by atoms with E-state index in [0.29, 0.717) is 6.04 Å². The molecule has 0 saturated carbocycles. The molecule has 0 saturated heterocycles. The van der Waals surface area contributed by atoms with Crippen LogP contribution < -0.4 is 5.32 Å². The van der Waals surface area contributed by atoms with Crippen LogP contribution in [-0.4, -0.2) is 25.8 Å². The Labute approximate surface area is 109 Å². The predicted octanol–water partition coefficient (Wildman–Crippen LogP) is 4.00. The second-order valence-electron chi connectivity index (χ2n) is 5.81. The largest absolute Gasteiger partial charge is 0.379 e. The lowest BCUT2D eigenvalue weighted by Gasteiger charge is -2.30. The van der Waals surface area contributed by atoms with Crippen LogP contribution in [0.5, 0.6) is 0 Å². The average Bonchev–Trinajstić information content (AvgIpc) is 2.32. The normalized spacial score (nSPS) is 15.9. The Bertz CT molecular complexity index is 180. The lowest BCUT2D eigenvalue weighted by molar-refractivity contribution is 0.00548. The molecule has 0 heterocycles. The van der Waals surface area contributed by atoms with Crippen molar-refractivity contribution in [2.24, 2.45) is 5.92 Å². The van der Waals surface area contributed by atoms with E-state index in [1.54, 1.807) is 7.11 Å². The van der Waals surface area contributed by atoms with Gasteiger partial charge in [-0.1, -0.05) is 39.5 Å². The van der Waals surface area contributed by atoms with Crippen molar-refractivity contribution >= 4 is 0 Å². The molecule has 0 spiro atoms. The third-order valence-electron chi connectivity index (χ3n) is 3.86. The lowest BCUT2D eigenvalue weighted by atomic mass is 9.87. The molecule has 0 rings (SSSR count). The first-order valence-electron chi connectivity index (χ1n) is 7.21. The highest BCUT2D eigenvalue weighted by Crippen LogP contribution is 2.24. The molecule has 0 aliphatic heterocycles. The third-order valence-corrected chi connectivity index (χ3v) is 3.86. The minimum Gasteiger partial charge on any atom is -0.379 e. The average molecular weight is 243 g/mol. The van der Waals surface area contributed by atoms with Gasteiger partial charge < -0.3 is 10.1 Å². The molecule has 2 atom stereocenters. The molecule has 0 fully saturated rings. The maximum Gasteiger partial charge on any atom is 0.0637 e. The van der Waals surface area contributed by atoms with Crippen LogP contribution in [0.4, 0.5) is 0 Å². The molecule has 0 aromatic rings. The fourth-order valence-corrected chi connectivity index (χ4v) is 2.36. The Balaban J connectivity index is 4.17. The fraction of sp³-hybridized carbons (Fsp3) is 1.00. The molecule has 0 bridgehead atoms. The molecule has 0 aliphatic rings. The molecule has 1 N–H and O–H groups in total. The Morgan fingerprint density at radius 1 is 1.24 bits per heavy atom. The maximum atomic E-state index is 5.53. The SMILES string of the molecule is CCCCC(CC)CC(CC(C)(C)OC)NC. The number of methoxy groups -OCH3 is 1. The van der Waals surface area contributed by atoms with E-state index in [-0.39, 0.29) is 5.60 Å². The number of hydrogen-bond acceptors (Lipinski definition) is 2. The Morgan fingerprint density at radius 2 is 1.88 bits per heavy atom. The molecular formula is C15H33NO. The number of hydrogen-bond donors (Lipinski definition) is 1. The van der Waals surface area contributed by atoms with Gasteiger partial charge in [0.05, 0.1) is 5.60 Å². The van der Waals surface area contributed by atoms with Crippen molar-refractivity contribution in [1.29, 1.82) is 0 Å². The van der Waals surface area contributed by atoms with Crippen molar-refractivity contribution in [1.82, 2.24) is 5.32 Å². The van der Waals surface area contributed by atoms with Gasteiger partial charge in [-0.3, -0.25) is 0 Å². The maximum absolute atomic E-state index is 5.53. The Hall–Kier alpha value is -0.0800. The van der Waals surface area contributed by atoms with E-state index in [1.807, 2.05) is 0 Å². The van der Waals surface area contributed by atoms with Crippen LogP contribution >= 0.6 is 0 Å². The zero-order valence-corrected chi connectivity index (χ0v) is 12.8. The Kier molecular flexibility index (Phi) is 8.89. The van der Waals surface area contributed by atoms with Gasteiger partial charge in [0.2, 0.25) is 0 Å². The predicted molar refractivity (Wildman–Crippen MR) is 76.5 cm³/mol. The lowest BCUT2D eigenvalue weighted by Crippen LogP contribution is -2.37. The van der Waals surface area contributed by atoms with Crippen LogP contribution in [-0.2, 0) is 4.74 Å². The summed E-state index contributed by atoms with van der Waals surface area (Å²) in [5, 5.41) is 3.45. The molecule has 104 valence electrons. The molecule has 0 aromatic heterocycles. The molecular weight excluding hydrogens is 210 g/mol. The summed E-state index contributed by atoms with van der Waals surface area (Å²) in [5.74, 6) is 0.861. The fourth-order valence-electron chi connectivity index (χ4n) is 2.36. The van der Waals surface area contributed by atoms with Crippen molar-refractivity contribution in [2.75, 3.05) is 14.2 Å². The van der Waals surface area contributed by atoms with E-state index in [2.05, 4.69) is 40.1 Å². The topological polar surface area (TPSA) is 21.3 Å². The smallest absolute Gasteiger partial charge is 0.0637 e. The highest BCUT2D eigenvalue weighted by atomic mass is 16.5. The van der Waals surface area contributed by atoms with Gasteiger partial charge in [0.15, 0.2) is 0 Å². The van der Waals surface area contributed by atoms with Crippen LogP contribution in [0.2, 0.25) is 0 Å². The van der Waals surface area contributed by atoms with Crippen LogP contribution in [0.25, 0.3) is 0 Å². The van der Waals surface area contributed by atoms with Gasteiger partial charge in [-0.05, 0) is 39.7 Å². The first-order chi connectivity index (χ1) is 7.99. The van der Waals surface area contributed by atoms with Gasteiger partial charge >= 0.3 is 0 Å². The van der Waals surface area contributed by atoms with Gasteiger partial charge in [0.25, 0.3) is 0 Å². The van der Waals surface area contributed by atoms with Crippen molar-refractivity contribution in [3.63, 3.8) is 0 Å². The van der Waals surface area contributed by atoms with E-state index in [0.717, 1.165) is 12.3 Å². The van der Waals surface area contributed by atoms with Crippen molar-refractivity contribution in [3.05, 3.63) is 0 Å². The zero-order valence-electron chi connectivity index (χ0n) is 12.8. The molecule has 17 heavy (non-hydrogen) atoms. The number of rotatable bonds is 10.